The van der Waals surface area contributed by atoms with Crippen LogP contribution in [0.1, 0.15) is 28.7 Å². The van der Waals surface area contributed by atoms with Crippen molar-refractivity contribution >= 4 is 0 Å². The van der Waals surface area contributed by atoms with Gasteiger partial charge in [-0.15, -0.1) is 0 Å². The van der Waals surface area contributed by atoms with Gasteiger partial charge in [0.15, 0.2) is 0 Å². The molecule has 1 aliphatic rings. The van der Waals surface area contributed by atoms with Crippen LogP contribution in [0.15, 0.2) is 42.5 Å². The number of ether oxygens (including phenoxy) is 1. The zero-order chi connectivity index (χ0) is 13.4. The molecular weight excluding hydrogens is 243 g/mol. The highest BCUT2D eigenvalue weighted by molar-refractivity contribution is 5.42. The molecule has 0 radical (unpaired) electrons. The van der Waals surface area contributed by atoms with Gasteiger partial charge in [0, 0.05) is 5.56 Å². The van der Waals surface area contributed by atoms with Crippen LogP contribution in [0.4, 0.5) is 4.39 Å². The molecule has 0 aliphatic carbocycles. The zero-order valence-corrected chi connectivity index (χ0v) is 10.6. The van der Waals surface area contributed by atoms with Crippen LogP contribution in [0.3, 0.4) is 0 Å². The predicted octanol–water partition coefficient (Wildman–Crippen LogP) is 3.34. The van der Waals surface area contributed by atoms with Crippen LogP contribution in [0.5, 0.6) is 5.75 Å². The first-order valence-corrected chi connectivity index (χ1v) is 6.32. The van der Waals surface area contributed by atoms with Crippen LogP contribution in [-0.4, -0.2) is 11.7 Å². The molecule has 19 heavy (non-hydrogen) atoms. The molecule has 3 rings (SSSR count). The highest BCUT2D eigenvalue weighted by atomic mass is 19.1. The Morgan fingerprint density at radius 3 is 2.89 bits per heavy atom. The van der Waals surface area contributed by atoms with Crippen LogP contribution in [-0.2, 0) is 0 Å². The van der Waals surface area contributed by atoms with Gasteiger partial charge in [0.05, 0.1) is 18.6 Å². The van der Waals surface area contributed by atoms with E-state index in [4.69, 9.17) is 4.74 Å². The van der Waals surface area contributed by atoms with Crippen molar-refractivity contribution in [3.63, 3.8) is 0 Å². The summed E-state index contributed by atoms with van der Waals surface area (Å²) in [6, 6.07) is 12.2. The van der Waals surface area contributed by atoms with Gasteiger partial charge in [-0.3, -0.25) is 0 Å². The Bertz CT molecular complexity index is 609. The summed E-state index contributed by atoms with van der Waals surface area (Å²) in [5.41, 5.74) is 2.50. The van der Waals surface area contributed by atoms with Gasteiger partial charge in [-0.1, -0.05) is 24.3 Å². The molecule has 0 amide bonds. The van der Waals surface area contributed by atoms with Crippen molar-refractivity contribution in [2.75, 3.05) is 6.61 Å². The smallest absolute Gasteiger partial charge is 0.123 e. The first-order chi connectivity index (χ1) is 9.16. The molecular formula is C16H15FO2. The molecule has 2 atom stereocenters. The fourth-order valence-corrected chi connectivity index (χ4v) is 2.60. The monoisotopic (exact) mass is 258 g/mol. The van der Waals surface area contributed by atoms with Crippen LogP contribution >= 0.6 is 0 Å². The van der Waals surface area contributed by atoms with E-state index in [-0.39, 0.29) is 11.7 Å². The molecule has 1 aliphatic heterocycles. The Labute approximate surface area is 111 Å². The van der Waals surface area contributed by atoms with E-state index in [1.807, 2.05) is 31.2 Å². The normalized spacial score (nSPS) is 18.8. The van der Waals surface area contributed by atoms with Crippen LogP contribution in [0.2, 0.25) is 0 Å². The number of rotatable bonds is 2. The minimum absolute atomic E-state index is 0.142. The Kier molecular flexibility index (Phi) is 2.99. The molecule has 0 spiro atoms. The van der Waals surface area contributed by atoms with Crippen molar-refractivity contribution < 1.29 is 14.2 Å². The van der Waals surface area contributed by atoms with Gasteiger partial charge in [0.2, 0.25) is 0 Å². The van der Waals surface area contributed by atoms with E-state index in [1.165, 1.54) is 12.1 Å². The Morgan fingerprint density at radius 2 is 2.05 bits per heavy atom. The lowest BCUT2D eigenvalue weighted by atomic mass is 9.89. The Balaban J connectivity index is 1.97. The average Bonchev–Trinajstić information content (AvgIpc) is 2.84. The molecule has 0 saturated carbocycles. The lowest BCUT2D eigenvalue weighted by molar-refractivity contribution is 0.129. The van der Waals surface area contributed by atoms with E-state index < -0.39 is 6.10 Å². The summed E-state index contributed by atoms with van der Waals surface area (Å²) in [4.78, 5) is 0. The van der Waals surface area contributed by atoms with Crippen molar-refractivity contribution in [3.05, 3.63) is 65.0 Å². The van der Waals surface area contributed by atoms with E-state index in [1.54, 1.807) is 6.07 Å². The molecule has 3 heteroatoms. The molecule has 2 aromatic rings. The molecule has 0 saturated heterocycles. The molecule has 0 aromatic heterocycles. The number of benzene rings is 2. The second-order valence-electron chi connectivity index (χ2n) is 4.90. The maximum absolute atomic E-state index is 13.3. The van der Waals surface area contributed by atoms with Gasteiger partial charge in [-0.05, 0) is 36.2 Å². The number of hydrogen-bond acceptors (Lipinski definition) is 2. The molecule has 0 bridgehead atoms. The second-order valence-corrected chi connectivity index (χ2v) is 4.90. The van der Waals surface area contributed by atoms with Gasteiger partial charge in [0.1, 0.15) is 11.6 Å². The summed E-state index contributed by atoms with van der Waals surface area (Å²) in [5.74, 6) is 0.337. The van der Waals surface area contributed by atoms with E-state index in [9.17, 15) is 9.50 Å². The van der Waals surface area contributed by atoms with Crippen molar-refractivity contribution in [2.45, 2.75) is 18.9 Å². The lowest BCUT2D eigenvalue weighted by Gasteiger charge is -2.19. The van der Waals surface area contributed by atoms with Gasteiger partial charge >= 0.3 is 0 Å². The second kappa shape index (κ2) is 4.67. The number of fused-ring (bicyclic) bond motifs is 1. The minimum Gasteiger partial charge on any atom is -0.493 e. The number of para-hydroxylation sites is 1. The molecule has 98 valence electrons. The van der Waals surface area contributed by atoms with Crippen molar-refractivity contribution in [1.29, 1.82) is 0 Å². The maximum atomic E-state index is 13.3. The maximum Gasteiger partial charge on any atom is 0.123 e. The quantitative estimate of drug-likeness (QED) is 0.895. The van der Waals surface area contributed by atoms with Crippen molar-refractivity contribution in [2.24, 2.45) is 0 Å². The molecule has 2 unspecified atom stereocenters. The standard InChI is InChI=1S/C16H15FO2/c1-10-6-7-11(17)8-13(10)16(18)14-9-19-15-5-3-2-4-12(14)15/h2-8,14,16,18H,9H2,1H3. The van der Waals surface area contributed by atoms with Crippen LogP contribution < -0.4 is 4.74 Å². The number of hydrogen-bond donors (Lipinski definition) is 1. The summed E-state index contributed by atoms with van der Waals surface area (Å²) in [5, 5.41) is 10.5. The SMILES string of the molecule is Cc1ccc(F)cc1C(O)C1COc2ccccc21. The predicted molar refractivity (Wildman–Crippen MR) is 70.8 cm³/mol. The van der Waals surface area contributed by atoms with Gasteiger partial charge in [0.25, 0.3) is 0 Å². The summed E-state index contributed by atoms with van der Waals surface area (Å²) >= 11 is 0. The molecule has 1 N–H and O–H groups in total. The Morgan fingerprint density at radius 1 is 1.26 bits per heavy atom. The largest absolute Gasteiger partial charge is 0.493 e. The number of aliphatic hydroxyl groups is 1. The highest BCUT2D eigenvalue weighted by Gasteiger charge is 2.31. The third-order valence-corrected chi connectivity index (χ3v) is 3.68. The van der Waals surface area contributed by atoms with E-state index in [0.29, 0.717) is 12.2 Å². The first kappa shape index (κ1) is 12.2. The number of aliphatic hydroxyl groups excluding tert-OH is 1. The third kappa shape index (κ3) is 2.10. The van der Waals surface area contributed by atoms with Crippen LogP contribution in [0, 0.1) is 12.7 Å². The van der Waals surface area contributed by atoms with Crippen molar-refractivity contribution in [3.8, 4) is 5.75 Å². The summed E-state index contributed by atoms with van der Waals surface area (Å²) in [6.07, 6.45) is -0.751. The minimum atomic E-state index is -0.751. The molecule has 2 aromatic carbocycles. The first-order valence-electron chi connectivity index (χ1n) is 6.32. The van der Waals surface area contributed by atoms with Gasteiger partial charge in [-0.25, -0.2) is 4.39 Å². The number of aryl methyl sites for hydroxylation is 1. The average molecular weight is 258 g/mol. The van der Waals surface area contributed by atoms with Gasteiger partial charge < -0.3 is 9.84 Å². The summed E-state index contributed by atoms with van der Waals surface area (Å²) in [6.45, 7) is 2.30. The summed E-state index contributed by atoms with van der Waals surface area (Å²) < 4.78 is 18.9. The topological polar surface area (TPSA) is 29.5 Å². The molecule has 0 fully saturated rings. The fourth-order valence-electron chi connectivity index (χ4n) is 2.60. The highest BCUT2D eigenvalue weighted by Crippen LogP contribution is 2.41. The Hall–Kier alpha value is -1.87. The van der Waals surface area contributed by atoms with E-state index in [0.717, 1.165) is 16.9 Å². The fraction of sp³-hybridized carbons (Fsp3) is 0.250. The molecule has 1 heterocycles. The van der Waals surface area contributed by atoms with Crippen LogP contribution in [0.25, 0.3) is 0 Å². The molecule has 2 nitrogen and oxygen atoms in total. The third-order valence-electron chi connectivity index (χ3n) is 3.68. The van der Waals surface area contributed by atoms with E-state index in [2.05, 4.69) is 0 Å². The van der Waals surface area contributed by atoms with Gasteiger partial charge in [-0.2, -0.15) is 0 Å². The van der Waals surface area contributed by atoms with E-state index >= 15 is 0 Å². The number of halogens is 1. The lowest BCUT2D eigenvalue weighted by Crippen LogP contribution is -2.13. The zero-order valence-electron chi connectivity index (χ0n) is 10.6. The van der Waals surface area contributed by atoms with Crippen molar-refractivity contribution in [1.82, 2.24) is 0 Å². The summed E-state index contributed by atoms with van der Waals surface area (Å²) in [7, 11) is 0.